The zero-order valence-corrected chi connectivity index (χ0v) is 14.8. The first kappa shape index (κ1) is 17.9. The van der Waals surface area contributed by atoms with Crippen LogP contribution < -0.4 is 0 Å². The van der Waals surface area contributed by atoms with E-state index in [1.807, 2.05) is 36.4 Å². The molecule has 1 aliphatic heterocycles. The minimum absolute atomic E-state index is 0.0784. The minimum Gasteiger partial charge on any atom is -0.305 e. The number of nitriles is 3. The lowest BCUT2D eigenvalue weighted by molar-refractivity contribution is 0.204. The molecule has 1 aromatic carbocycles. The standard InChI is InChI=1S/C21H21N5/c1-2-9-26-10-8-16-17(11-22)20(25)21(13-23,14-24)19(18(16)12-26)15-6-4-3-5-7-15/h3-8,17-19,25H,2,9-10,12H2,1H3/t17?,18-,19+/m1/s1. The summed E-state index contributed by atoms with van der Waals surface area (Å²) in [6.07, 6.45) is 3.06. The Kier molecular flexibility index (Phi) is 4.90. The van der Waals surface area contributed by atoms with E-state index in [4.69, 9.17) is 5.41 Å². The van der Waals surface area contributed by atoms with Gasteiger partial charge in [-0.1, -0.05) is 43.3 Å². The van der Waals surface area contributed by atoms with Crippen molar-refractivity contribution in [2.24, 2.45) is 17.3 Å². The number of hydrogen-bond acceptors (Lipinski definition) is 5. The molecule has 3 rings (SSSR count). The van der Waals surface area contributed by atoms with Crippen LogP contribution in [0.3, 0.4) is 0 Å². The molecule has 1 unspecified atom stereocenters. The normalized spacial score (nSPS) is 27.4. The van der Waals surface area contributed by atoms with E-state index in [0.717, 1.165) is 30.6 Å². The third-order valence-corrected chi connectivity index (χ3v) is 5.56. The number of nitrogens with zero attached hydrogens (tertiary/aromatic N) is 4. The molecule has 0 aromatic heterocycles. The van der Waals surface area contributed by atoms with Crippen LogP contribution in [0.15, 0.2) is 42.0 Å². The molecule has 26 heavy (non-hydrogen) atoms. The van der Waals surface area contributed by atoms with Gasteiger partial charge < -0.3 is 5.41 Å². The van der Waals surface area contributed by atoms with E-state index >= 15 is 0 Å². The van der Waals surface area contributed by atoms with E-state index in [9.17, 15) is 15.8 Å². The third kappa shape index (κ3) is 2.60. The Labute approximate surface area is 154 Å². The van der Waals surface area contributed by atoms with Crippen molar-refractivity contribution in [1.29, 1.82) is 21.2 Å². The molecule has 1 aliphatic carbocycles. The van der Waals surface area contributed by atoms with Crippen molar-refractivity contribution < 1.29 is 0 Å². The largest absolute Gasteiger partial charge is 0.305 e. The quantitative estimate of drug-likeness (QED) is 0.852. The average molecular weight is 343 g/mol. The summed E-state index contributed by atoms with van der Waals surface area (Å²) in [5.74, 6) is -1.35. The zero-order valence-electron chi connectivity index (χ0n) is 14.8. The Bertz CT molecular complexity index is 835. The average Bonchev–Trinajstić information content (AvgIpc) is 2.68. The molecule has 1 saturated carbocycles. The molecule has 0 amide bonds. The summed E-state index contributed by atoms with van der Waals surface area (Å²) in [5.41, 5.74) is 0.0926. The second kappa shape index (κ2) is 7.12. The summed E-state index contributed by atoms with van der Waals surface area (Å²) < 4.78 is 0. The van der Waals surface area contributed by atoms with Gasteiger partial charge in [0.2, 0.25) is 0 Å². The van der Waals surface area contributed by atoms with Gasteiger partial charge in [-0.2, -0.15) is 15.8 Å². The lowest BCUT2D eigenvalue weighted by atomic mass is 9.54. The van der Waals surface area contributed by atoms with Crippen LogP contribution in [0.5, 0.6) is 0 Å². The first-order valence-electron chi connectivity index (χ1n) is 8.91. The first-order valence-corrected chi connectivity index (χ1v) is 8.91. The Morgan fingerprint density at radius 1 is 1.19 bits per heavy atom. The Morgan fingerprint density at radius 2 is 1.88 bits per heavy atom. The van der Waals surface area contributed by atoms with E-state index in [0.29, 0.717) is 6.54 Å². The molecule has 0 radical (unpaired) electrons. The van der Waals surface area contributed by atoms with Crippen molar-refractivity contribution in [2.45, 2.75) is 19.3 Å². The van der Waals surface area contributed by atoms with E-state index in [-0.39, 0.29) is 11.6 Å². The SMILES string of the molecule is CCCN1CC=C2C(C#N)C(=N)C(C#N)(C#N)[C@@H](c3ccccc3)[C@@H]2C1. The summed E-state index contributed by atoms with van der Waals surface area (Å²) >= 11 is 0. The van der Waals surface area contributed by atoms with E-state index < -0.39 is 17.3 Å². The Balaban J connectivity index is 2.20. The van der Waals surface area contributed by atoms with Gasteiger partial charge in [-0.15, -0.1) is 0 Å². The number of benzene rings is 1. The van der Waals surface area contributed by atoms with Crippen molar-refractivity contribution in [1.82, 2.24) is 4.90 Å². The summed E-state index contributed by atoms with van der Waals surface area (Å²) in [6, 6.07) is 16.0. The topological polar surface area (TPSA) is 98.5 Å². The first-order chi connectivity index (χ1) is 12.6. The van der Waals surface area contributed by atoms with E-state index in [1.165, 1.54) is 0 Å². The number of fused-ring (bicyclic) bond motifs is 1. The summed E-state index contributed by atoms with van der Waals surface area (Å²) in [4.78, 5) is 2.30. The lowest BCUT2D eigenvalue weighted by Gasteiger charge is -2.47. The number of nitrogens with one attached hydrogen (secondary N) is 1. The van der Waals surface area contributed by atoms with Gasteiger partial charge in [-0.25, -0.2) is 0 Å². The van der Waals surface area contributed by atoms with Crippen molar-refractivity contribution in [3.8, 4) is 18.2 Å². The molecule has 5 nitrogen and oxygen atoms in total. The van der Waals surface area contributed by atoms with Gasteiger partial charge in [0, 0.05) is 24.9 Å². The fourth-order valence-corrected chi connectivity index (χ4v) is 4.40. The molecule has 2 aliphatic rings. The number of rotatable bonds is 3. The molecule has 1 aromatic rings. The third-order valence-electron chi connectivity index (χ3n) is 5.56. The maximum Gasteiger partial charge on any atom is 0.189 e. The molecule has 5 heteroatoms. The highest BCUT2D eigenvalue weighted by molar-refractivity contribution is 6.00. The summed E-state index contributed by atoms with van der Waals surface area (Å²) in [6.45, 7) is 4.51. The fraction of sp³-hybridized carbons (Fsp3) is 0.429. The molecule has 130 valence electrons. The fourth-order valence-electron chi connectivity index (χ4n) is 4.40. The van der Waals surface area contributed by atoms with Crippen LogP contribution in [0.4, 0.5) is 0 Å². The van der Waals surface area contributed by atoms with Crippen LogP contribution in [-0.4, -0.2) is 30.2 Å². The predicted molar refractivity (Wildman–Crippen MR) is 98.0 cm³/mol. The van der Waals surface area contributed by atoms with Gasteiger partial charge in [-0.3, -0.25) is 4.90 Å². The van der Waals surface area contributed by atoms with Crippen LogP contribution >= 0.6 is 0 Å². The molecule has 0 bridgehead atoms. The van der Waals surface area contributed by atoms with Gasteiger partial charge in [0.15, 0.2) is 5.41 Å². The summed E-state index contributed by atoms with van der Waals surface area (Å²) in [5, 5.41) is 38.2. The molecule has 1 fully saturated rings. The monoisotopic (exact) mass is 343 g/mol. The second-order valence-electron chi connectivity index (χ2n) is 6.97. The van der Waals surface area contributed by atoms with Gasteiger partial charge in [-0.05, 0) is 24.1 Å². The maximum atomic E-state index is 9.96. The molecule has 0 spiro atoms. The molecular weight excluding hydrogens is 322 g/mol. The second-order valence-corrected chi connectivity index (χ2v) is 6.97. The molecule has 0 saturated heterocycles. The Hall–Kier alpha value is -2.94. The molecule has 1 heterocycles. The highest BCUT2D eigenvalue weighted by Crippen LogP contribution is 2.53. The van der Waals surface area contributed by atoms with Crippen LogP contribution in [-0.2, 0) is 0 Å². The zero-order chi connectivity index (χ0) is 18.7. The van der Waals surface area contributed by atoms with Gasteiger partial charge in [0.05, 0.1) is 23.9 Å². The van der Waals surface area contributed by atoms with Crippen molar-refractivity contribution in [3.63, 3.8) is 0 Å². The van der Waals surface area contributed by atoms with Gasteiger partial charge in [0.1, 0.15) is 5.92 Å². The predicted octanol–water partition coefficient (Wildman–Crippen LogP) is 3.25. The van der Waals surface area contributed by atoms with Gasteiger partial charge in [0.25, 0.3) is 0 Å². The highest BCUT2D eigenvalue weighted by atomic mass is 15.1. The van der Waals surface area contributed by atoms with Crippen molar-refractivity contribution in [2.75, 3.05) is 19.6 Å². The highest BCUT2D eigenvalue weighted by Gasteiger charge is 2.57. The van der Waals surface area contributed by atoms with Crippen LogP contribution in [0, 0.1) is 56.7 Å². The van der Waals surface area contributed by atoms with Crippen LogP contribution in [0.2, 0.25) is 0 Å². The number of hydrogen-bond donors (Lipinski definition) is 1. The van der Waals surface area contributed by atoms with E-state index in [1.54, 1.807) is 0 Å². The molecule has 3 atom stereocenters. The van der Waals surface area contributed by atoms with E-state index in [2.05, 4.69) is 30.0 Å². The van der Waals surface area contributed by atoms with Gasteiger partial charge >= 0.3 is 0 Å². The summed E-state index contributed by atoms with van der Waals surface area (Å²) in [7, 11) is 0. The minimum atomic E-state index is -1.61. The van der Waals surface area contributed by atoms with Crippen LogP contribution in [0.25, 0.3) is 0 Å². The lowest BCUT2D eigenvalue weighted by Crippen LogP contribution is -2.52. The molecular formula is C21H21N5. The van der Waals surface area contributed by atoms with Crippen molar-refractivity contribution >= 4 is 5.71 Å². The molecule has 1 N–H and O–H groups in total. The smallest absolute Gasteiger partial charge is 0.189 e. The van der Waals surface area contributed by atoms with Crippen molar-refractivity contribution in [3.05, 3.63) is 47.5 Å². The maximum absolute atomic E-state index is 9.96. The Morgan fingerprint density at radius 3 is 2.46 bits per heavy atom. The van der Waals surface area contributed by atoms with Crippen LogP contribution in [0.1, 0.15) is 24.8 Å².